The van der Waals surface area contributed by atoms with E-state index in [0.29, 0.717) is 11.1 Å². The van der Waals surface area contributed by atoms with Gasteiger partial charge in [-0.3, -0.25) is 0 Å². The Kier molecular flexibility index (Phi) is 2.44. The lowest BCUT2D eigenvalue weighted by atomic mass is 10.2. The zero-order valence-corrected chi connectivity index (χ0v) is 8.81. The molecule has 0 aliphatic rings. The molecule has 84 valence electrons. The second-order valence-electron chi connectivity index (χ2n) is 3.14. The molecule has 0 unspecified atom stereocenters. The van der Waals surface area contributed by atoms with Gasteiger partial charge in [-0.2, -0.15) is 0 Å². The Morgan fingerprint density at radius 3 is 2.50 bits per heavy atom. The fourth-order valence-corrected chi connectivity index (χ4v) is 1.52. The fraction of sp³-hybridized carbons (Fsp3) is 0.182. The van der Waals surface area contributed by atoms with Crippen LogP contribution in [-0.4, -0.2) is 19.3 Å². The number of fused-ring (bicyclic) bond motifs is 1. The lowest BCUT2D eigenvalue weighted by Gasteiger charge is -2.08. The first kappa shape index (κ1) is 10.4. The van der Waals surface area contributed by atoms with E-state index in [0.717, 1.165) is 0 Å². The monoisotopic (exact) mass is 222 g/mol. The molecule has 0 saturated heterocycles. The maximum Gasteiger partial charge on any atom is 0.383 e. The first-order chi connectivity index (χ1) is 7.67. The van der Waals surface area contributed by atoms with Gasteiger partial charge in [-0.05, 0) is 12.1 Å². The molecule has 0 bridgehead atoms. The highest BCUT2D eigenvalue weighted by Crippen LogP contribution is 2.33. The summed E-state index contributed by atoms with van der Waals surface area (Å²) in [5.74, 6) is 0.331. The molecular weight excluding hydrogens is 212 g/mol. The van der Waals surface area contributed by atoms with E-state index in [4.69, 9.17) is 13.9 Å². The van der Waals surface area contributed by atoms with Gasteiger partial charge in [0, 0.05) is 6.07 Å². The molecule has 0 aliphatic carbocycles. The predicted octanol–water partition coefficient (Wildman–Crippen LogP) is 1.52. The lowest BCUT2D eigenvalue weighted by molar-refractivity contribution is 0.338. The van der Waals surface area contributed by atoms with Gasteiger partial charge in [0.15, 0.2) is 5.75 Å². The van der Waals surface area contributed by atoms with Gasteiger partial charge in [-0.25, -0.2) is 4.79 Å². The number of phenols is 1. The summed E-state index contributed by atoms with van der Waals surface area (Å²) in [6.45, 7) is 0. The minimum Gasteiger partial charge on any atom is -0.508 e. The summed E-state index contributed by atoms with van der Waals surface area (Å²) < 4.78 is 15.0. The van der Waals surface area contributed by atoms with Gasteiger partial charge in [0.25, 0.3) is 0 Å². The number of ether oxygens (including phenoxy) is 2. The molecule has 0 atom stereocenters. The van der Waals surface area contributed by atoms with E-state index in [-0.39, 0.29) is 17.1 Å². The Bertz CT molecular complexity index is 585. The average Bonchev–Trinajstić information content (AvgIpc) is 2.26. The number of benzene rings is 1. The maximum absolute atomic E-state index is 11.5. The smallest absolute Gasteiger partial charge is 0.383 e. The van der Waals surface area contributed by atoms with Crippen LogP contribution >= 0.6 is 0 Å². The normalized spacial score (nSPS) is 10.4. The van der Waals surface area contributed by atoms with Crippen LogP contribution in [0.15, 0.2) is 27.4 Å². The quantitative estimate of drug-likeness (QED) is 0.780. The highest BCUT2D eigenvalue weighted by molar-refractivity contribution is 5.86. The summed E-state index contributed by atoms with van der Waals surface area (Å²) in [4.78, 5) is 11.5. The summed E-state index contributed by atoms with van der Waals surface area (Å²) in [6.07, 6.45) is 0. The van der Waals surface area contributed by atoms with Crippen LogP contribution in [-0.2, 0) is 0 Å². The third kappa shape index (κ3) is 1.46. The van der Waals surface area contributed by atoms with Crippen molar-refractivity contribution < 1.29 is 19.0 Å². The lowest BCUT2D eigenvalue weighted by Crippen LogP contribution is -2.06. The van der Waals surface area contributed by atoms with Crippen LogP contribution in [0.25, 0.3) is 11.0 Å². The first-order valence-electron chi connectivity index (χ1n) is 4.55. The van der Waals surface area contributed by atoms with Gasteiger partial charge >= 0.3 is 5.63 Å². The molecule has 0 spiro atoms. The molecule has 1 N–H and O–H groups in total. The standard InChI is InChI=1S/C11H10O5/c1-14-9-7-4-3-6(12)5-8(7)16-11(13)10(9)15-2/h3-5,12H,1-2H3. The maximum atomic E-state index is 11.5. The Hall–Kier alpha value is -2.17. The van der Waals surface area contributed by atoms with Gasteiger partial charge in [-0.1, -0.05) is 0 Å². The molecule has 1 heterocycles. The Morgan fingerprint density at radius 2 is 1.88 bits per heavy atom. The van der Waals surface area contributed by atoms with Crippen LogP contribution in [0.2, 0.25) is 0 Å². The van der Waals surface area contributed by atoms with E-state index in [1.165, 1.54) is 26.4 Å². The zero-order chi connectivity index (χ0) is 11.7. The number of aromatic hydroxyl groups is 1. The largest absolute Gasteiger partial charge is 0.508 e. The highest BCUT2D eigenvalue weighted by Gasteiger charge is 2.15. The van der Waals surface area contributed by atoms with Crippen molar-refractivity contribution in [2.24, 2.45) is 0 Å². The summed E-state index contributed by atoms with van der Waals surface area (Å²) >= 11 is 0. The molecule has 5 nitrogen and oxygen atoms in total. The number of hydrogen-bond acceptors (Lipinski definition) is 5. The number of methoxy groups -OCH3 is 2. The number of hydrogen-bond donors (Lipinski definition) is 1. The van der Waals surface area contributed by atoms with Crippen molar-refractivity contribution in [3.63, 3.8) is 0 Å². The zero-order valence-electron chi connectivity index (χ0n) is 8.81. The predicted molar refractivity (Wildman–Crippen MR) is 57.3 cm³/mol. The van der Waals surface area contributed by atoms with E-state index < -0.39 is 5.63 Å². The van der Waals surface area contributed by atoms with E-state index in [1.807, 2.05) is 0 Å². The van der Waals surface area contributed by atoms with Crippen molar-refractivity contribution in [1.82, 2.24) is 0 Å². The first-order valence-corrected chi connectivity index (χ1v) is 4.55. The van der Waals surface area contributed by atoms with Crippen molar-refractivity contribution in [1.29, 1.82) is 0 Å². The van der Waals surface area contributed by atoms with Gasteiger partial charge in [0.05, 0.1) is 19.6 Å². The summed E-state index contributed by atoms with van der Waals surface area (Å²) in [6, 6.07) is 4.41. The van der Waals surface area contributed by atoms with Crippen LogP contribution < -0.4 is 15.1 Å². The molecule has 1 aromatic heterocycles. The second-order valence-corrected chi connectivity index (χ2v) is 3.14. The third-order valence-electron chi connectivity index (χ3n) is 2.21. The Morgan fingerprint density at radius 1 is 1.19 bits per heavy atom. The molecule has 0 fully saturated rings. The number of phenolic OH excluding ortho intramolecular Hbond substituents is 1. The van der Waals surface area contributed by atoms with Crippen LogP contribution in [0, 0.1) is 0 Å². The molecule has 2 rings (SSSR count). The van der Waals surface area contributed by atoms with Gasteiger partial charge in [0.2, 0.25) is 5.75 Å². The fourth-order valence-electron chi connectivity index (χ4n) is 1.52. The van der Waals surface area contributed by atoms with Crippen molar-refractivity contribution >= 4 is 11.0 Å². The summed E-state index contributed by atoms with van der Waals surface area (Å²) in [5, 5.41) is 9.84. The summed E-state index contributed by atoms with van der Waals surface area (Å²) in [5.41, 5.74) is -0.389. The molecule has 1 aromatic carbocycles. The Labute approximate surface area is 90.8 Å². The van der Waals surface area contributed by atoms with Crippen LogP contribution in [0.3, 0.4) is 0 Å². The van der Waals surface area contributed by atoms with Gasteiger partial charge in [0.1, 0.15) is 11.3 Å². The molecule has 16 heavy (non-hydrogen) atoms. The third-order valence-corrected chi connectivity index (χ3v) is 2.21. The van der Waals surface area contributed by atoms with Crippen molar-refractivity contribution in [3.05, 3.63) is 28.6 Å². The van der Waals surface area contributed by atoms with E-state index >= 15 is 0 Å². The van der Waals surface area contributed by atoms with E-state index in [2.05, 4.69) is 0 Å². The van der Waals surface area contributed by atoms with Gasteiger partial charge in [-0.15, -0.1) is 0 Å². The highest BCUT2D eigenvalue weighted by atomic mass is 16.5. The minimum atomic E-state index is -0.641. The van der Waals surface area contributed by atoms with Crippen LogP contribution in [0.1, 0.15) is 0 Å². The molecule has 0 saturated carbocycles. The van der Waals surface area contributed by atoms with Crippen molar-refractivity contribution in [2.75, 3.05) is 14.2 Å². The molecule has 2 aromatic rings. The average molecular weight is 222 g/mol. The molecule has 0 radical (unpaired) electrons. The second kappa shape index (κ2) is 3.77. The molecular formula is C11H10O5. The molecule has 0 amide bonds. The number of rotatable bonds is 2. The minimum absolute atomic E-state index is 0.0145. The SMILES string of the molecule is COc1c(OC)c2ccc(O)cc2oc1=O. The van der Waals surface area contributed by atoms with E-state index in [1.54, 1.807) is 6.07 Å². The summed E-state index contributed by atoms with van der Waals surface area (Å²) in [7, 11) is 2.80. The van der Waals surface area contributed by atoms with Crippen LogP contribution in [0.4, 0.5) is 0 Å². The Balaban J connectivity index is 2.90. The van der Waals surface area contributed by atoms with Crippen molar-refractivity contribution in [3.8, 4) is 17.2 Å². The topological polar surface area (TPSA) is 68.9 Å². The van der Waals surface area contributed by atoms with Crippen LogP contribution in [0.5, 0.6) is 17.2 Å². The van der Waals surface area contributed by atoms with E-state index in [9.17, 15) is 9.90 Å². The molecule has 0 aliphatic heterocycles. The van der Waals surface area contributed by atoms with Crippen molar-refractivity contribution in [2.45, 2.75) is 0 Å². The molecule has 5 heteroatoms. The van der Waals surface area contributed by atoms with Gasteiger partial charge < -0.3 is 19.0 Å².